The van der Waals surface area contributed by atoms with Crippen LogP contribution >= 0.6 is 0 Å². The van der Waals surface area contributed by atoms with Crippen molar-refractivity contribution in [2.75, 3.05) is 0 Å². The average Bonchev–Trinajstić information content (AvgIpc) is 3.59. The Bertz CT molecular complexity index is 2920. The molecule has 0 saturated heterocycles. The first kappa shape index (κ1) is 35.6. The van der Waals surface area contributed by atoms with Gasteiger partial charge in [-0.2, -0.15) is 0 Å². The van der Waals surface area contributed by atoms with Gasteiger partial charge < -0.3 is 10.5 Å². The number of hydrogen-bond acceptors (Lipinski definition) is 3. The highest BCUT2D eigenvalue weighted by atomic mass is 16.5. The molecule has 59 heavy (non-hydrogen) atoms. The number of ether oxygens (including phenoxy) is 1. The molecule has 8 aromatic rings. The van der Waals surface area contributed by atoms with E-state index in [0.717, 1.165) is 56.0 Å². The first-order valence-corrected chi connectivity index (χ1v) is 19.8. The molecule has 0 saturated carbocycles. The Hall–Kier alpha value is -7.82. The average molecular weight is 758 g/mol. The predicted molar refractivity (Wildman–Crippen MR) is 243 cm³/mol. The molecule has 8 aromatic carbocycles. The van der Waals surface area contributed by atoms with Crippen LogP contribution in [0, 0.1) is 5.41 Å². The minimum absolute atomic E-state index is 0.180. The fraction of sp³-hybridized carbons (Fsp3) is 0.0182. The normalized spacial score (nSPS) is 13.6. The van der Waals surface area contributed by atoms with E-state index >= 15 is 0 Å². The van der Waals surface area contributed by atoms with Crippen molar-refractivity contribution in [2.45, 2.75) is 5.41 Å². The van der Waals surface area contributed by atoms with Crippen LogP contribution in [0.4, 0.5) is 0 Å². The third-order valence-electron chi connectivity index (χ3n) is 11.6. The molecule has 0 aromatic heterocycles. The number of nitrogens with zero attached hydrogens (tertiary/aromatic N) is 1. The molecule has 3 N–H and O–H groups in total. The third kappa shape index (κ3) is 6.19. The number of allylic oxidation sites excluding steroid dienone is 3. The summed E-state index contributed by atoms with van der Waals surface area (Å²) in [7, 11) is 0. The van der Waals surface area contributed by atoms with Gasteiger partial charge in [-0.15, -0.1) is 0 Å². The summed E-state index contributed by atoms with van der Waals surface area (Å²) in [5.41, 5.74) is 21.9. The lowest BCUT2D eigenvalue weighted by molar-refractivity contribution is 0.436. The fourth-order valence-corrected chi connectivity index (χ4v) is 8.77. The van der Waals surface area contributed by atoms with E-state index in [2.05, 4.69) is 132 Å². The number of hydrogen-bond donors (Lipinski definition) is 2. The zero-order valence-electron chi connectivity index (χ0n) is 32.2. The lowest BCUT2D eigenvalue weighted by Crippen LogP contribution is -2.32. The van der Waals surface area contributed by atoms with E-state index in [1.165, 1.54) is 38.9 Å². The van der Waals surface area contributed by atoms with Gasteiger partial charge in [-0.3, -0.25) is 5.41 Å². The van der Waals surface area contributed by atoms with Crippen LogP contribution in [0.15, 0.2) is 217 Å². The summed E-state index contributed by atoms with van der Waals surface area (Å²) >= 11 is 0. The van der Waals surface area contributed by atoms with Crippen molar-refractivity contribution in [1.29, 1.82) is 5.41 Å². The number of nitrogens with one attached hydrogen (secondary N) is 1. The molecule has 1 heterocycles. The summed E-state index contributed by atoms with van der Waals surface area (Å²) in [5.74, 6) is 1.97. The standard InChI is InChI=1S/C55H39N3O/c56-35-44(37-13-3-1-4-14-37)33-45(38-15-5-2-6-16-38)36-58-54(57)42-29-27-40(28-30-42)39-23-25-41(26-24-39)43-31-32-49-47(34-43)46-17-7-8-18-48(46)55(49)50-19-9-11-21-52(50)59-53-22-12-10-20-51(53)55/h1-36,57H,56H2/b44-35+,45-33+,57-54?,58-36?. The van der Waals surface area contributed by atoms with Crippen molar-refractivity contribution in [2.24, 2.45) is 10.7 Å². The van der Waals surface area contributed by atoms with Gasteiger partial charge in [-0.25, -0.2) is 4.99 Å². The molecule has 280 valence electrons. The Labute approximate surface area is 344 Å². The van der Waals surface area contributed by atoms with Crippen molar-refractivity contribution in [3.05, 3.63) is 251 Å². The summed E-state index contributed by atoms with van der Waals surface area (Å²) in [6.45, 7) is 0. The molecule has 1 spiro atoms. The molecule has 0 unspecified atom stereocenters. The number of aliphatic imine (C=N–C) groups is 1. The molecule has 0 bridgehead atoms. The summed E-state index contributed by atoms with van der Waals surface area (Å²) in [6.07, 6.45) is 5.36. The Balaban J connectivity index is 0.923. The maximum atomic E-state index is 8.84. The zero-order chi connectivity index (χ0) is 39.8. The predicted octanol–water partition coefficient (Wildman–Crippen LogP) is 13.0. The van der Waals surface area contributed by atoms with Crippen LogP contribution in [0.2, 0.25) is 0 Å². The van der Waals surface area contributed by atoms with E-state index in [4.69, 9.17) is 15.9 Å². The third-order valence-corrected chi connectivity index (χ3v) is 11.6. The van der Waals surface area contributed by atoms with Crippen LogP contribution in [0.5, 0.6) is 11.5 Å². The van der Waals surface area contributed by atoms with Gasteiger partial charge in [0, 0.05) is 34.7 Å². The Kier molecular flexibility index (Phi) is 9.00. The lowest BCUT2D eigenvalue weighted by Gasteiger charge is -2.39. The van der Waals surface area contributed by atoms with Crippen LogP contribution in [0.25, 0.3) is 44.5 Å². The largest absolute Gasteiger partial charge is 0.457 e. The van der Waals surface area contributed by atoms with E-state index in [1.807, 2.05) is 78.9 Å². The summed E-state index contributed by atoms with van der Waals surface area (Å²) in [6, 6.07) is 69.5. The van der Waals surface area contributed by atoms with Crippen molar-refractivity contribution in [3.63, 3.8) is 0 Å². The van der Waals surface area contributed by atoms with Crippen LogP contribution in [0.1, 0.15) is 38.9 Å². The summed E-state index contributed by atoms with van der Waals surface area (Å²) in [5, 5.41) is 8.84. The first-order valence-electron chi connectivity index (χ1n) is 19.8. The molecule has 4 heteroatoms. The van der Waals surface area contributed by atoms with Gasteiger partial charge in [-0.05, 0) is 85.5 Å². The second kappa shape index (κ2) is 14.9. The molecule has 1 aliphatic carbocycles. The van der Waals surface area contributed by atoms with Gasteiger partial charge in [0.25, 0.3) is 0 Å². The van der Waals surface area contributed by atoms with Gasteiger partial charge in [0.1, 0.15) is 11.5 Å². The van der Waals surface area contributed by atoms with E-state index in [1.54, 1.807) is 12.4 Å². The topological polar surface area (TPSA) is 71.5 Å². The molecule has 0 radical (unpaired) electrons. The smallest absolute Gasteiger partial charge is 0.151 e. The highest BCUT2D eigenvalue weighted by molar-refractivity contribution is 6.17. The second-order valence-corrected chi connectivity index (χ2v) is 14.9. The minimum atomic E-state index is -0.470. The van der Waals surface area contributed by atoms with E-state index in [-0.39, 0.29) is 5.84 Å². The molecule has 0 amide bonds. The summed E-state index contributed by atoms with van der Waals surface area (Å²) in [4.78, 5) is 4.60. The fourth-order valence-electron chi connectivity index (χ4n) is 8.77. The Morgan fingerprint density at radius 3 is 1.54 bits per heavy atom. The number of fused-ring (bicyclic) bond motifs is 9. The number of rotatable bonds is 7. The number of nitrogens with two attached hydrogens (primary N) is 1. The number of amidine groups is 1. The molecule has 2 aliphatic rings. The minimum Gasteiger partial charge on any atom is -0.457 e. The Morgan fingerprint density at radius 2 is 0.932 bits per heavy atom. The molecule has 1 aliphatic heterocycles. The zero-order valence-corrected chi connectivity index (χ0v) is 32.2. The molecule has 0 atom stereocenters. The first-order chi connectivity index (χ1) is 29.1. The molecule has 10 rings (SSSR count). The lowest BCUT2D eigenvalue weighted by atomic mass is 9.66. The van der Waals surface area contributed by atoms with Gasteiger partial charge in [0.05, 0.1) is 5.41 Å². The monoisotopic (exact) mass is 757 g/mol. The SMILES string of the molecule is N=C(N=C/C(=C\C(=C/N)c1ccccc1)c1ccccc1)c1ccc(-c2ccc(-c3ccc4c(c3)-c3ccccc3C43c4ccccc4Oc4ccccc43)cc2)cc1. The van der Waals surface area contributed by atoms with Crippen LogP contribution in [-0.2, 0) is 5.41 Å². The summed E-state index contributed by atoms with van der Waals surface area (Å²) < 4.78 is 6.49. The van der Waals surface area contributed by atoms with Gasteiger partial charge in [0.2, 0.25) is 0 Å². The molecular formula is C55H39N3O. The van der Waals surface area contributed by atoms with Crippen molar-refractivity contribution >= 4 is 23.2 Å². The van der Waals surface area contributed by atoms with Crippen molar-refractivity contribution < 1.29 is 4.74 Å². The van der Waals surface area contributed by atoms with E-state index in [0.29, 0.717) is 0 Å². The molecular weight excluding hydrogens is 719 g/mol. The maximum absolute atomic E-state index is 8.84. The van der Waals surface area contributed by atoms with Gasteiger partial charge in [-0.1, -0.05) is 182 Å². The van der Waals surface area contributed by atoms with E-state index in [9.17, 15) is 0 Å². The van der Waals surface area contributed by atoms with Crippen LogP contribution in [0.3, 0.4) is 0 Å². The van der Waals surface area contributed by atoms with Gasteiger partial charge >= 0.3 is 0 Å². The quantitative estimate of drug-likeness (QED) is 0.0965. The second-order valence-electron chi connectivity index (χ2n) is 14.9. The van der Waals surface area contributed by atoms with Crippen molar-refractivity contribution in [3.8, 4) is 44.9 Å². The molecule has 4 nitrogen and oxygen atoms in total. The van der Waals surface area contributed by atoms with Crippen LogP contribution < -0.4 is 10.5 Å². The van der Waals surface area contributed by atoms with E-state index < -0.39 is 5.41 Å². The van der Waals surface area contributed by atoms with Crippen LogP contribution in [-0.4, -0.2) is 12.1 Å². The van der Waals surface area contributed by atoms with Gasteiger partial charge in [0.15, 0.2) is 5.84 Å². The number of para-hydroxylation sites is 2. The molecule has 0 fully saturated rings. The maximum Gasteiger partial charge on any atom is 0.151 e. The highest BCUT2D eigenvalue weighted by Crippen LogP contribution is 2.62. The highest BCUT2D eigenvalue weighted by Gasteiger charge is 2.50. The Morgan fingerprint density at radius 1 is 0.458 bits per heavy atom. The number of benzene rings is 8. The van der Waals surface area contributed by atoms with Crippen molar-refractivity contribution in [1.82, 2.24) is 0 Å².